The zero-order valence-electron chi connectivity index (χ0n) is 8.94. The van der Waals surface area contributed by atoms with E-state index >= 15 is 0 Å². The fraction of sp³-hybridized carbons (Fsp3) is 0.417. The Morgan fingerprint density at radius 2 is 2.20 bits per heavy atom. The van der Waals surface area contributed by atoms with Gasteiger partial charge in [0.25, 0.3) is 0 Å². The van der Waals surface area contributed by atoms with Crippen LogP contribution in [0.1, 0.15) is 18.9 Å². The van der Waals surface area contributed by atoms with Gasteiger partial charge in [0.15, 0.2) is 0 Å². The number of para-hydroxylation sites is 1. The number of nitrogens with two attached hydrogens (primary N) is 1. The van der Waals surface area contributed by atoms with Crippen LogP contribution in [0.25, 0.3) is 0 Å². The molecular formula is C12H16N2O. The number of hydrogen-bond donors (Lipinski definition) is 1. The molecule has 3 nitrogen and oxygen atoms in total. The molecule has 1 fully saturated rings. The Labute approximate surface area is 89.9 Å². The quantitative estimate of drug-likeness (QED) is 0.789. The van der Waals surface area contributed by atoms with Gasteiger partial charge in [0, 0.05) is 24.7 Å². The van der Waals surface area contributed by atoms with Crippen molar-refractivity contribution in [2.24, 2.45) is 5.73 Å². The Morgan fingerprint density at radius 1 is 1.47 bits per heavy atom. The van der Waals surface area contributed by atoms with Crippen LogP contribution in [0.4, 0.5) is 5.69 Å². The summed E-state index contributed by atoms with van der Waals surface area (Å²) in [6.45, 7) is 2.75. The maximum Gasteiger partial charge on any atom is 0.228 e. The van der Waals surface area contributed by atoms with Crippen molar-refractivity contribution in [2.75, 3.05) is 11.4 Å². The maximum absolute atomic E-state index is 11.7. The molecule has 0 aromatic heterocycles. The van der Waals surface area contributed by atoms with Gasteiger partial charge in [0.05, 0.1) is 0 Å². The van der Waals surface area contributed by atoms with Crippen molar-refractivity contribution >= 4 is 11.6 Å². The number of nitrogens with zero attached hydrogens (tertiary/aromatic N) is 1. The van der Waals surface area contributed by atoms with E-state index in [2.05, 4.69) is 13.0 Å². The number of amides is 1. The SMILES string of the molecule is CCc1ccccc1N1CC(N)CC1=O. The van der Waals surface area contributed by atoms with Crippen LogP contribution in [0.5, 0.6) is 0 Å². The molecule has 1 aromatic rings. The molecule has 1 saturated heterocycles. The molecule has 80 valence electrons. The Morgan fingerprint density at radius 3 is 2.80 bits per heavy atom. The Hall–Kier alpha value is -1.35. The average Bonchev–Trinajstić information content (AvgIpc) is 2.57. The van der Waals surface area contributed by atoms with Crippen molar-refractivity contribution in [3.63, 3.8) is 0 Å². The molecule has 0 saturated carbocycles. The summed E-state index contributed by atoms with van der Waals surface area (Å²) in [4.78, 5) is 13.5. The second-order valence-electron chi connectivity index (χ2n) is 3.95. The molecule has 1 unspecified atom stereocenters. The van der Waals surface area contributed by atoms with E-state index in [1.165, 1.54) is 5.56 Å². The van der Waals surface area contributed by atoms with Crippen molar-refractivity contribution in [1.29, 1.82) is 0 Å². The summed E-state index contributed by atoms with van der Waals surface area (Å²) < 4.78 is 0. The van der Waals surface area contributed by atoms with Gasteiger partial charge in [-0.3, -0.25) is 4.79 Å². The van der Waals surface area contributed by atoms with E-state index in [0.29, 0.717) is 13.0 Å². The summed E-state index contributed by atoms with van der Waals surface area (Å²) in [5.41, 5.74) is 8.02. The van der Waals surface area contributed by atoms with Crippen molar-refractivity contribution in [1.82, 2.24) is 0 Å². The lowest BCUT2D eigenvalue weighted by Crippen LogP contribution is -2.28. The third-order valence-corrected chi connectivity index (χ3v) is 2.82. The highest BCUT2D eigenvalue weighted by Gasteiger charge is 2.28. The van der Waals surface area contributed by atoms with Gasteiger partial charge in [-0.15, -0.1) is 0 Å². The Kier molecular flexibility index (Phi) is 2.73. The van der Waals surface area contributed by atoms with Gasteiger partial charge in [-0.1, -0.05) is 25.1 Å². The van der Waals surface area contributed by atoms with E-state index in [9.17, 15) is 4.79 Å². The zero-order chi connectivity index (χ0) is 10.8. The number of rotatable bonds is 2. The molecule has 3 heteroatoms. The predicted octanol–water partition coefficient (Wildman–Crippen LogP) is 1.31. The summed E-state index contributed by atoms with van der Waals surface area (Å²) in [6, 6.07) is 8.01. The van der Waals surface area contributed by atoms with E-state index in [-0.39, 0.29) is 11.9 Å². The van der Waals surface area contributed by atoms with Crippen LogP contribution in [0.3, 0.4) is 0 Å². The van der Waals surface area contributed by atoms with E-state index in [0.717, 1.165) is 12.1 Å². The first-order valence-electron chi connectivity index (χ1n) is 5.36. The average molecular weight is 204 g/mol. The fourth-order valence-electron chi connectivity index (χ4n) is 2.04. The van der Waals surface area contributed by atoms with E-state index in [1.54, 1.807) is 0 Å². The van der Waals surface area contributed by atoms with Crippen LogP contribution in [-0.2, 0) is 11.2 Å². The Bertz CT molecular complexity index is 376. The maximum atomic E-state index is 11.7. The van der Waals surface area contributed by atoms with Crippen LogP contribution in [0.15, 0.2) is 24.3 Å². The molecule has 1 aliphatic rings. The number of carbonyl (C=O) groups is 1. The van der Waals surface area contributed by atoms with Gasteiger partial charge < -0.3 is 10.6 Å². The molecule has 0 radical (unpaired) electrons. The summed E-state index contributed by atoms with van der Waals surface area (Å²) in [5.74, 6) is 0.142. The van der Waals surface area contributed by atoms with Crippen LogP contribution in [0, 0.1) is 0 Å². The second-order valence-corrected chi connectivity index (χ2v) is 3.95. The molecule has 0 aliphatic carbocycles. The molecule has 1 atom stereocenters. The normalized spacial score (nSPS) is 21.1. The van der Waals surface area contributed by atoms with Gasteiger partial charge in [0.1, 0.15) is 0 Å². The molecule has 1 aliphatic heterocycles. The monoisotopic (exact) mass is 204 g/mol. The summed E-state index contributed by atoms with van der Waals surface area (Å²) in [5, 5.41) is 0. The molecule has 0 bridgehead atoms. The summed E-state index contributed by atoms with van der Waals surface area (Å²) in [7, 11) is 0. The molecule has 15 heavy (non-hydrogen) atoms. The lowest BCUT2D eigenvalue weighted by atomic mass is 10.1. The number of hydrogen-bond acceptors (Lipinski definition) is 2. The minimum atomic E-state index is -0.0117. The van der Waals surface area contributed by atoms with Crippen molar-refractivity contribution < 1.29 is 4.79 Å². The molecule has 1 heterocycles. The number of carbonyl (C=O) groups excluding carboxylic acids is 1. The van der Waals surface area contributed by atoms with Gasteiger partial charge in [0.2, 0.25) is 5.91 Å². The third kappa shape index (κ3) is 1.88. The second kappa shape index (κ2) is 4.03. The molecular weight excluding hydrogens is 188 g/mol. The third-order valence-electron chi connectivity index (χ3n) is 2.82. The van der Waals surface area contributed by atoms with Gasteiger partial charge in [-0.2, -0.15) is 0 Å². The van der Waals surface area contributed by atoms with E-state index < -0.39 is 0 Å². The molecule has 1 aromatic carbocycles. The first-order valence-corrected chi connectivity index (χ1v) is 5.36. The molecule has 2 N–H and O–H groups in total. The van der Waals surface area contributed by atoms with Crippen LogP contribution in [-0.4, -0.2) is 18.5 Å². The Balaban J connectivity index is 2.33. The van der Waals surface area contributed by atoms with Crippen molar-refractivity contribution in [2.45, 2.75) is 25.8 Å². The van der Waals surface area contributed by atoms with Crippen molar-refractivity contribution in [3.8, 4) is 0 Å². The number of anilines is 1. The number of benzene rings is 1. The van der Waals surface area contributed by atoms with Gasteiger partial charge in [-0.25, -0.2) is 0 Å². The fourth-order valence-corrected chi connectivity index (χ4v) is 2.04. The lowest BCUT2D eigenvalue weighted by molar-refractivity contribution is -0.117. The van der Waals surface area contributed by atoms with Crippen LogP contribution in [0.2, 0.25) is 0 Å². The highest BCUT2D eigenvalue weighted by molar-refractivity contribution is 5.96. The first kappa shape index (κ1) is 10.2. The highest BCUT2D eigenvalue weighted by atomic mass is 16.2. The molecule has 1 amide bonds. The largest absolute Gasteiger partial charge is 0.326 e. The minimum Gasteiger partial charge on any atom is -0.326 e. The summed E-state index contributed by atoms with van der Waals surface area (Å²) >= 11 is 0. The standard InChI is InChI=1S/C12H16N2O/c1-2-9-5-3-4-6-11(9)14-8-10(13)7-12(14)15/h3-6,10H,2,7-8,13H2,1H3. The minimum absolute atomic E-state index is 0.0117. The first-order chi connectivity index (χ1) is 7.22. The lowest BCUT2D eigenvalue weighted by Gasteiger charge is -2.19. The van der Waals surface area contributed by atoms with Gasteiger partial charge in [-0.05, 0) is 18.1 Å². The number of aryl methyl sites for hydroxylation is 1. The molecule has 2 rings (SSSR count). The summed E-state index contributed by atoms with van der Waals surface area (Å²) in [6.07, 6.45) is 1.41. The van der Waals surface area contributed by atoms with E-state index in [1.807, 2.05) is 23.1 Å². The van der Waals surface area contributed by atoms with Crippen molar-refractivity contribution in [3.05, 3.63) is 29.8 Å². The van der Waals surface area contributed by atoms with Gasteiger partial charge >= 0.3 is 0 Å². The topological polar surface area (TPSA) is 46.3 Å². The highest BCUT2D eigenvalue weighted by Crippen LogP contribution is 2.25. The predicted molar refractivity (Wildman–Crippen MR) is 60.8 cm³/mol. The van der Waals surface area contributed by atoms with Crippen LogP contribution < -0.4 is 10.6 Å². The smallest absolute Gasteiger partial charge is 0.228 e. The van der Waals surface area contributed by atoms with E-state index in [4.69, 9.17) is 5.73 Å². The van der Waals surface area contributed by atoms with Crippen LogP contribution >= 0.6 is 0 Å². The zero-order valence-corrected chi connectivity index (χ0v) is 8.94. The molecule has 0 spiro atoms.